The maximum atomic E-state index is 13.5. The van der Waals surface area contributed by atoms with Crippen molar-refractivity contribution in [3.63, 3.8) is 0 Å². The highest BCUT2D eigenvalue weighted by atomic mass is 35.5. The van der Waals surface area contributed by atoms with E-state index in [1.807, 2.05) is 0 Å². The number of aromatic carboxylic acids is 1. The zero-order chi connectivity index (χ0) is 29.1. The van der Waals surface area contributed by atoms with Crippen molar-refractivity contribution < 1.29 is 53.7 Å². The van der Waals surface area contributed by atoms with Crippen molar-refractivity contribution in [3.8, 4) is 23.0 Å². The standard InChI is InChI=1S/C24H21BClN2O11P/c26-18-14(8-9-16(29)20(18)30)22(31)28-19(11-4-6-13(7-5-11)39-40(36)37)23(32)27-17-10-12-2-1-3-15(24(33)34)21(12)38-25(17)35/h1-9,17,19,29-30,35-37H,10H2,(H,27,32)(H,28,31)(H,33,34)/t17-,19+/m0/s1. The summed E-state index contributed by atoms with van der Waals surface area (Å²) in [6, 6.07) is 10.5. The van der Waals surface area contributed by atoms with Crippen LogP contribution in [0.5, 0.6) is 23.0 Å². The van der Waals surface area contributed by atoms with Crippen molar-refractivity contribution in [3.05, 3.63) is 81.9 Å². The molecule has 208 valence electrons. The predicted molar refractivity (Wildman–Crippen MR) is 141 cm³/mol. The monoisotopic (exact) mass is 590 g/mol. The lowest BCUT2D eigenvalue weighted by atomic mass is 9.72. The third-order valence-corrected chi connectivity index (χ3v) is 6.71. The molecular formula is C24H21BClN2O11P. The lowest BCUT2D eigenvalue weighted by Crippen LogP contribution is -2.55. The number of carboxylic acids is 1. The van der Waals surface area contributed by atoms with E-state index in [9.17, 15) is 34.7 Å². The van der Waals surface area contributed by atoms with E-state index in [-0.39, 0.29) is 34.6 Å². The van der Waals surface area contributed by atoms with Crippen molar-refractivity contribution in [2.75, 3.05) is 0 Å². The Kier molecular flexibility index (Phi) is 8.67. The molecule has 0 saturated carbocycles. The van der Waals surface area contributed by atoms with E-state index in [4.69, 9.17) is 30.6 Å². The third-order valence-electron chi connectivity index (χ3n) is 5.95. The number of benzene rings is 3. The second-order valence-electron chi connectivity index (χ2n) is 8.54. The molecule has 40 heavy (non-hydrogen) atoms. The van der Waals surface area contributed by atoms with Crippen LogP contribution in [0.3, 0.4) is 0 Å². The van der Waals surface area contributed by atoms with Crippen molar-refractivity contribution in [2.24, 2.45) is 0 Å². The van der Waals surface area contributed by atoms with E-state index in [0.29, 0.717) is 5.56 Å². The Bertz CT molecular complexity index is 1460. The summed E-state index contributed by atoms with van der Waals surface area (Å²) >= 11 is 6.00. The fraction of sp³-hybridized carbons (Fsp3) is 0.125. The van der Waals surface area contributed by atoms with Crippen LogP contribution in [-0.2, 0) is 11.2 Å². The maximum absolute atomic E-state index is 13.5. The Balaban J connectivity index is 1.61. The molecule has 0 radical (unpaired) electrons. The Labute approximate surface area is 232 Å². The fourth-order valence-corrected chi connectivity index (χ4v) is 4.59. The number of aromatic hydroxyl groups is 2. The van der Waals surface area contributed by atoms with Crippen LogP contribution in [0, 0.1) is 0 Å². The highest BCUT2D eigenvalue weighted by molar-refractivity contribution is 7.39. The van der Waals surface area contributed by atoms with E-state index < -0.39 is 62.0 Å². The number of halogens is 1. The van der Waals surface area contributed by atoms with Crippen LogP contribution in [0.2, 0.25) is 5.02 Å². The van der Waals surface area contributed by atoms with Crippen LogP contribution in [0.1, 0.15) is 37.9 Å². The van der Waals surface area contributed by atoms with Gasteiger partial charge in [0.05, 0.1) is 22.1 Å². The van der Waals surface area contributed by atoms with Gasteiger partial charge in [-0.3, -0.25) is 9.59 Å². The molecule has 1 aliphatic rings. The Morgan fingerprint density at radius 3 is 2.40 bits per heavy atom. The van der Waals surface area contributed by atoms with Gasteiger partial charge in [-0.2, -0.15) is 0 Å². The average Bonchev–Trinajstić information content (AvgIpc) is 2.90. The predicted octanol–water partition coefficient (Wildman–Crippen LogP) is 1.65. The lowest BCUT2D eigenvalue weighted by Gasteiger charge is -2.30. The van der Waals surface area contributed by atoms with Gasteiger partial charge in [-0.25, -0.2) is 4.79 Å². The van der Waals surface area contributed by atoms with Gasteiger partial charge in [-0.05, 0) is 47.9 Å². The first-order valence-corrected chi connectivity index (χ1v) is 13.0. The first-order valence-electron chi connectivity index (χ1n) is 11.4. The normalized spacial score (nSPS) is 15.0. The van der Waals surface area contributed by atoms with Crippen molar-refractivity contribution >= 4 is 45.1 Å². The number of hydrogen-bond donors (Lipinski definition) is 8. The van der Waals surface area contributed by atoms with Crippen molar-refractivity contribution in [2.45, 2.75) is 18.4 Å². The molecule has 0 saturated heterocycles. The number of phenolic OH excluding ortho intramolecular Hbond substituents is 2. The summed E-state index contributed by atoms with van der Waals surface area (Å²) in [6.07, 6.45) is 0.00498. The Hall–Kier alpha value is -4.07. The SMILES string of the molecule is O=C(N[C@@H](C(=O)N[C@H]1Cc2cccc(C(=O)O)c2OB1O)c1ccc(OP(O)O)cc1)c1ccc(O)c(O)c1Cl. The molecular weight excluding hydrogens is 570 g/mol. The molecule has 2 atom stereocenters. The summed E-state index contributed by atoms with van der Waals surface area (Å²) in [7, 11) is -4.32. The molecule has 0 unspecified atom stereocenters. The fourth-order valence-electron chi connectivity index (χ4n) is 4.04. The molecule has 1 heterocycles. The van der Waals surface area contributed by atoms with Crippen LogP contribution in [-0.4, -0.2) is 61.0 Å². The number of phenols is 2. The molecule has 3 aromatic rings. The van der Waals surface area contributed by atoms with Crippen LogP contribution < -0.4 is 19.8 Å². The number of rotatable bonds is 8. The first-order chi connectivity index (χ1) is 19.0. The van der Waals surface area contributed by atoms with Crippen LogP contribution in [0.25, 0.3) is 0 Å². The van der Waals surface area contributed by atoms with E-state index in [2.05, 4.69) is 10.6 Å². The smallest absolute Gasteiger partial charge is 0.534 e. The molecule has 0 spiro atoms. The quantitative estimate of drug-likeness (QED) is 0.107. The maximum Gasteiger partial charge on any atom is 0.547 e. The Morgan fingerprint density at radius 1 is 1.05 bits per heavy atom. The topological polar surface area (TPSA) is 215 Å². The van der Waals surface area contributed by atoms with Crippen molar-refractivity contribution in [1.29, 1.82) is 0 Å². The molecule has 0 fully saturated rings. The first kappa shape index (κ1) is 28.9. The van der Waals surface area contributed by atoms with Gasteiger partial charge in [0.1, 0.15) is 17.5 Å². The summed E-state index contributed by atoms with van der Waals surface area (Å²) < 4.78 is 10.2. The lowest BCUT2D eigenvalue weighted by molar-refractivity contribution is -0.123. The number of para-hydroxylation sites is 1. The second-order valence-corrected chi connectivity index (χ2v) is 9.61. The van der Waals surface area contributed by atoms with E-state index >= 15 is 0 Å². The number of carboxylic acid groups (broad SMARTS) is 1. The average molecular weight is 591 g/mol. The zero-order valence-corrected chi connectivity index (χ0v) is 21.8. The molecule has 16 heteroatoms. The summed E-state index contributed by atoms with van der Waals surface area (Å²) in [5.74, 6) is -5.25. The molecule has 0 aliphatic carbocycles. The number of fused-ring (bicyclic) bond motifs is 1. The molecule has 4 rings (SSSR count). The molecule has 13 nitrogen and oxygen atoms in total. The van der Waals surface area contributed by atoms with E-state index in [1.165, 1.54) is 36.4 Å². The molecule has 2 amide bonds. The van der Waals surface area contributed by atoms with Gasteiger partial charge < -0.3 is 49.9 Å². The third kappa shape index (κ3) is 6.22. The molecule has 1 aliphatic heterocycles. The summed E-state index contributed by atoms with van der Waals surface area (Å²) in [6.45, 7) is 0. The minimum absolute atomic E-state index is 0.00498. The Morgan fingerprint density at radius 2 is 1.75 bits per heavy atom. The van der Waals surface area contributed by atoms with E-state index in [0.717, 1.165) is 12.1 Å². The van der Waals surface area contributed by atoms with Gasteiger partial charge in [0, 0.05) is 0 Å². The number of nitrogens with one attached hydrogen (secondary N) is 2. The van der Waals surface area contributed by atoms with Gasteiger partial charge in [0.15, 0.2) is 11.5 Å². The molecule has 8 N–H and O–H groups in total. The number of carbonyl (C=O) groups excluding carboxylic acids is 2. The summed E-state index contributed by atoms with van der Waals surface area (Å²) in [4.78, 5) is 56.2. The van der Waals surface area contributed by atoms with Gasteiger partial charge in [0.2, 0.25) is 5.91 Å². The number of carbonyl (C=O) groups is 3. The van der Waals surface area contributed by atoms with Crippen LogP contribution >= 0.6 is 20.2 Å². The van der Waals surface area contributed by atoms with Gasteiger partial charge in [-0.1, -0.05) is 35.9 Å². The molecule has 0 aromatic heterocycles. The second kappa shape index (κ2) is 12.0. The molecule has 0 bridgehead atoms. The van der Waals surface area contributed by atoms with Crippen LogP contribution in [0.4, 0.5) is 0 Å². The minimum atomic E-state index is -2.70. The van der Waals surface area contributed by atoms with Crippen molar-refractivity contribution in [1.82, 2.24) is 10.6 Å². The minimum Gasteiger partial charge on any atom is -0.534 e. The number of hydrogen-bond acceptors (Lipinski definition) is 10. The van der Waals surface area contributed by atoms with Gasteiger partial charge >= 0.3 is 21.7 Å². The zero-order valence-electron chi connectivity index (χ0n) is 20.2. The largest absolute Gasteiger partial charge is 0.547 e. The highest BCUT2D eigenvalue weighted by Crippen LogP contribution is 2.36. The van der Waals surface area contributed by atoms with E-state index in [1.54, 1.807) is 6.07 Å². The van der Waals surface area contributed by atoms with Gasteiger partial charge in [-0.15, -0.1) is 0 Å². The molecule has 3 aromatic carbocycles. The summed E-state index contributed by atoms with van der Waals surface area (Å²) in [5.41, 5.74) is 0.222. The van der Waals surface area contributed by atoms with Gasteiger partial charge in [0.25, 0.3) is 5.91 Å². The van der Waals surface area contributed by atoms with Crippen LogP contribution in [0.15, 0.2) is 54.6 Å². The highest BCUT2D eigenvalue weighted by Gasteiger charge is 2.39. The summed E-state index contributed by atoms with van der Waals surface area (Å²) in [5, 5.41) is 44.1. The number of amides is 2.